The van der Waals surface area contributed by atoms with Crippen LogP contribution in [-0.2, 0) is 4.79 Å². The first-order valence-electron chi connectivity index (χ1n) is 5.94. The van der Waals surface area contributed by atoms with Gasteiger partial charge in [0.1, 0.15) is 0 Å². The normalized spacial score (nSPS) is 31.8. The molecule has 1 saturated heterocycles. The average Bonchev–Trinajstić information content (AvgIpc) is 2.70. The van der Waals surface area contributed by atoms with Crippen LogP contribution in [0.25, 0.3) is 0 Å². The number of rotatable bonds is 2. The van der Waals surface area contributed by atoms with Crippen molar-refractivity contribution in [1.82, 2.24) is 10.6 Å². The first-order valence-corrected chi connectivity index (χ1v) is 5.94. The molecule has 0 aromatic heterocycles. The largest absolute Gasteiger partial charge is 0.353 e. The minimum Gasteiger partial charge on any atom is -0.353 e. The minimum absolute atomic E-state index is 0.204. The Hall–Kier alpha value is -0.830. The lowest BCUT2D eigenvalue weighted by atomic mass is 9.99. The van der Waals surface area contributed by atoms with Crippen LogP contribution in [0.15, 0.2) is 12.2 Å². The Labute approximate surface area is 91.3 Å². The summed E-state index contributed by atoms with van der Waals surface area (Å²) in [7, 11) is 0. The molecule has 3 nitrogen and oxygen atoms in total. The average molecular weight is 208 g/mol. The maximum absolute atomic E-state index is 11.8. The molecule has 0 aromatic carbocycles. The van der Waals surface area contributed by atoms with Crippen LogP contribution in [0, 0.1) is 5.92 Å². The first-order chi connectivity index (χ1) is 7.25. The Bertz CT molecular complexity index is 254. The van der Waals surface area contributed by atoms with E-state index < -0.39 is 0 Å². The van der Waals surface area contributed by atoms with E-state index in [4.69, 9.17) is 0 Å². The van der Waals surface area contributed by atoms with Gasteiger partial charge in [0, 0.05) is 18.0 Å². The van der Waals surface area contributed by atoms with Crippen molar-refractivity contribution in [1.29, 1.82) is 0 Å². The minimum atomic E-state index is 0.204. The van der Waals surface area contributed by atoms with E-state index in [9.17, 15) is 4.79 Å². The standard InChI is InChI=1S/C12H20N2O/c1-9-8-11(6-7-13-9)14-12(15)10-4-2-3-5-10/h2-3,9-11,13H,4-8H2,1H3,(H,14,15). The van der Waals surface area contributed by atoms with Gasteiger partial charge in [0.15, 0.2) is 0 Å². The number of amides is 1. The van der Waals surface area contributed by atoms with Gasteiger partial charge in [-0.2, -0.15) is 0 Å². The third kappa shape index (κ3) is 2.81. The fourth-order valence-electron chi connectivity index (χ4n) is 2.41. The third-order valence-corrected chi connectivity index (χ3v) is 3.35. The number of piperidine rings is 1. The molecule has 84 valence electrons. The van der Waals surface area contributed by atoms with Crippen LogP contribution in [0.5, 0.6) is 0 Å². The van der Waals surface area contributed by atoms with Crippen molar-refractivity contribution in [3.05, 3.63) is 12.2 Å². The molecule has 0 spiro atoms. The number of carbonyl (C=O) groups excluding carboxylic acids is 1. The van der Waals surface area contributed by atoms with Crippen molar-refractivity contribution in [3.63, 3.8) is 0 Å². The summed E-state index contributed by atoms with van der Waals surface area (Å²) in [5, 5.41) is 6.56. The van der Waals surface area contributed by atoms with Crippen molar-refractivity contribution < 1.29 is 4.79 Å². The third-order valence-electron chi connectivity index (χ3n) is 3.35. The molecule has 3 heteroatoms. The lowest BCUT2D eigenvalue weighted by Gasteiger charge is -2.29. The predicted octanol–water partition coefficient (Wildman–Crippen LogP) is 1.21. The summed E-state index contributed by atoms with van der Waals surface area (Å²) in [6, 6.07) is 0.917. The summed E-state index contributed by atoms with van der Waals surface area (Å²) >= 11 is 0. The van der Waals surface area contributed by atoms with Gasteiger partial charge in [-0.15, -0.1) is 0 Å². The highest BCUT2D eigenvalue weighted by atomic mass is 16.1. The first kappa shape index (κ1) is 10.7. The highest BCUT2D eigenvalue weighted by Gasteiger charge is 2.24. The molecule has 2 atom stereocenters. The molecular formula is C12H20N2O. The van der Waals surface area contributed by atoms with Crippen LogP contribution in [-0.4, -0.2) is 24.5 Å². The number of allylic oxidation sites excluding steroid dienone is 2. The van der Waals surface area contributed by atoms with E-state index in [0.717, 1.165) is 32.2 Å². The molecule has 1 aliphatic carbocycles. The quantitative estimate of drug-likeness (QED) is 0.670. The molecule has 2 rings (SSSR count). The van der Waals surface area contributed by atoms with Crippen molar-refractivity contribution >= 4 is 5.91 Å². The van der Waals surface area contributed by atoms with Crippen molar-refractivity contribution in [3.8, 4) is 0 Å². The fraction of sp³-hybridized carbons (Fsp3) is 0.750. The van der Waals surface area contributed by atoms with Crippen molar-refractivity contribution in [2.24, 2.45) is 5.92 Å². The molecule has 0 bridgehead atoms. The Morgan fingerprint density at radius 2 is 2.13 bits per heavy atom. The smallest absolute Gasteiger partial charge is 0.223 e. The van der Waals surface area contributed by atoms with E-state index in [-0.39, 0.29) is 11.8 Å². The van der Waals surface area contributed by atoms with Gasteiger partial charge in [-0.25, -0.2) is 0 Å². The lowest BCUT2D eigenvalue weighted by Crippen LogP contribution is -2.47. The molecule has 1 heterocycles. The number of nitrogens with one attached hydrogen (secondary N) is 2. The summed E-state index contributed by atoms with van der Waals surface area (Å²) < 4.78 is 0. The molecule has 2 aliphatic rings. The van der Waals surface area contributed by atoms with Crippen LogP contribution < -0.4 is 10.6 Å². The van der Waals surface area contributed by atoms with E-state index in [1.54, 1.807) is 0 Å². The summed E-state index contributed by atoms with van der Waals surface area (Å²) in [4.78, 5) is 11.8. The molecule has 0 saturated carbocycles. The van der Waals surface area contributed by atoms with Crippen LogP contribution in [0.2, 0.25) is 0 Å². The summed E-state index contributed by atoms with van der Waals surface area (Å²) in [5.41, 5.74) is 0. The topological polar surface area (TPSA) is 41.1 Å². The highest BCUT2D eigenvalue weighted by Crippen LogP contribution is 2.18. The van der Waals surface area contributed by atoms with Crippen LogP contribution in [0.1, 0.15) is 32.6 Å². The van der Waals surface area contributed by atoms with E-state index in [1.807, 2.05) is 0 Å². The fourth-order valence-corrected chi connectivity index (χ4v) is 2.41. The molecule has 1 fully saturated rings. The maximum Gasteiger partial charge on any atom is 0.223 e. The van der Waals surface area contributed by atoms with Crippen LogP contribution in [0.4, 0.5) is 0 Å². The second-order valence-corrected chi connectivity index (χ2v) is 4.72. The van der Waals surface area contributed by atoms with Crippen LogP contribution in [0.3, 0.4) is 0 Å². The molecule has 2 N–H and O–H groups in total. The second kappa shape index (κ2) is 4.79. The SMILES string of the molecule is CC1CC(NC(=O)C2CC=CC2)CCN1. The zero-order valence-electron chi connectivity index (χ0n) is 9.33. The molecular weight excluding hydrogens is 188 g/mol. The van der Waals surface area contributed by atoms with E-state index in [1.165, 1.54) is 0 Å². The lowest BCUT2D eigenvalue weighted by molar-refractivity contribution is -0.125. The van der Waals surface area contributed by atoms with Gasteiger partial charge in [-0.3, -0.25) is 4.79 Å². The van der Waals surface area contributed by atoms with Gasteiger partial charge in [0.2, 0.25) is 5.91 Å². The van der Waals surface area contributed by atoms with E-state index in [2.05, 4.69) is 29.7 Å². The Morgan fingerprint density at radius 1 is 1.40 bits per heavy atom. The number of carbonyl (C=O) groups is 1. The molecule has 15 heavy (non-hydrogen) atoms. The Kier molecular flexibility index (Phi) is 3.41. The van der Waals surface area contributed by atoms with Crippen molar-refractivity contribution in [2.45, 2.75) is 44.7 Å². The molecule has 0 radical (unpaired) electrons. The molecule has 1 aliphatic heterocycles. The Morgan fingerprint density at radius 3 is 2.80 bits per heavy atom. The second-order valence-electron chi connectivity index (χ2n) is 4.72. The Balaban J connectivity index is 1.78. The highest BCUT2D eigenvalue weighted by molar-refractivity contribution is 5.79. The molecule has 2 unspecified atom stereocenters. The van der Waals surface area contributed by atoms with Crippen LogP contribution >= 0.6 is 0 Å². The molecule has 0 aromatic rings. The van der Waals surface area contributed by atoms with Gasteiger partial charge in [-0.1, -0.05) is 12.2 Å². The predicted molar refractivity (Wildman–Crippen MR) is 60.5 cm³/mol. The summed E-state index contributed by atoms with van der Waals surface area (Å²) in [6.45, 7) is 3.20. The molecule has 1 amide bonds. The zero-order chi connectivity index (χ0) is 10.7. The summed E-state index contributed by atoms with van der Waals surface area (Å²) in [5.74, 6) is 0.453. The zero-order valence-corrected chi connectivity index (χ0v) is 9.33. The van der Waals surface area contributed by atoms with Gasteiger partial charge in [-0.05, 0) is 39.2 Å². The maximum atomic E-state index is 11.8. The monoisotopic (exact) mass is 208 g/mol. The number of hydrogen-bond donors (Lipinski definition) is 2. The van der Waals surface area contributed by atoms with Gasteiger partial charge >= 0.3 is 0 Å². The number of hydrogen-bond acceptors (Lipinski definition) is 2. The van der Waals surface area contributed by atoms with Gasteiger partial charge in [0.25, 0.3) is 0 Å². The van der Waals surface area contributed by atoms with Gasteiger partial charge in [0.05, 0.1) is 0 Å². The van der Waals surface area contributed by atoms with Crippen molar-refractivity contribution in [2.75, 3.05) is 6.54 Å². The van der Waals surface area contributed by atoms with Gasteiger partial charge < -0.3 is 10.6 Å². The summed E-state index contributed by atoms with van der Waals surface area (Å²) in [6.07, 6.45) is 8.19. The van der Waals surface area contributed by atoms with E-state index in [0.29, 0.717) is 12.1 Å². The van der Waals surface area contributed by atoms with E-state index >= 15 is 0 Å².